The van der Waals surface area contributed by atoms with Crippen LogP contribution in [-0.4, -0.2) is 14.8 Å². The Morgan fingerprint density at radius 1 is 1.19 bits per heavy atom. The summed E-state index contributed by atoms with van der Waals surface area (Å²) >= 11 is 0. The van der Waals surface area contributed by atoms with E-state index in [4.69, 9.17) is 0 Å². The molecular weight excluding hydrogens is 205 g/mol. The summed E-state index contributed by atoms with van der Waals surface area (Å²) in [7, 11) is 0. The van der Waals surface area contributed by atoms with Crippen LogP contribution >= 0.6 is 0 Å². The Hall–Kier alpha value is -1.71. The van der Waals surface area contributed by atoms with Gasteiger partial charge < -0.3 is 0 Å². The average molecular weight is 221 g/mol. The number of halogens is 1. The van der Waals surface area contributed by atoms with Crippen molar-refractivity contribution in [3.63, 3.8) is 0 Å². The summed E-state index contributed by atoms with van der Waals surface area (Å²) in [4.78, 5) is 3.95. The Labute approximate surface area is 94.9 Å². The van der Waals surface area contributed by atoms with Gasteiger partial charge in [-0.2, -0.15) is 5.10 Å². The first kappa shape index (κ1) is 12.4. The molecule has 0 saturated heterocycles. The van der Waals surface area contributed by atoms with Gasteiger partial charge in [-0.15, -0.1) is 0 Å². The van der Waals surface area contributed by atoms with Crippen LogP contribution in [0.4, 0.5) is 4.39 Å². The molecule has 2 aromatic heterocycles. The van der Waals surface area contributed by atoms with Gasteiger partial charge in [0.05, 0.1) is 11.9 Å². The molecule has 3 nitrogen and oxygen atoms in total. The molecule has 0 aliphatic carbocycles. The number of nitrogens with zero attached hydrogens (tertiary/aromatic N) is 3. The molecule has 0 bridgehead atoms. The van der Waals surface area contributed by atoms with Gasteiger partial charge in [0.15, 0.2) is 0 Å². The van der Waals surface area contributed by atoms with Crippen LogP contribution in [0.25, 0.3) is 11.4 Å². The van der Waals surface area contributed by atoms with E-state index < -0.39 is 0 Å². The normalized spacial score (nSPS) is 9.50. The molecule has 0 saturated carbocycles. The zero-order chi connectivity index (χ0) is 12.0. The van der Waals surface area contributed by atoms with E-state index in [0.29, 0.717) is 5.69 Å². The number of aryl methyl sites for hydroxylation is 1. The maximum Gasteiger partial charge on any atom is 0.141 e. The van der Waals surface area contributed by atoms with Crippen LogP contribution < -0.4 is 0 Å². The first-order valence-corrected chi connectivity index (χ1v) is 5.45. The largest absolute Gasteiger partial charge is 0.272 e. The molecule has 0 unspecified atom stereocenters. The Morgan fingerprint density at radius 2 is 1.94 bits per heavy atom. The lowest BCUT2D eigenvalue weighted by Gasteiger charge is -1.95. The van der Waals surface area contributed by atoms with Crippen molar-refractivity contribution in [1.82, 2.24) is 14.8 Å². The van der Waals surface area contributed by atoms with E-state index in [9.17, 15) is 4.39 Å². The Balaban J connectivity index is 0.000000606. The molecule has 0 aliphatic rings. The minimum Gasteiger partial charge on any atom is -0.272 e. The average Bonchev–Trinajstić information content (AvgIpc) is 2.81. The third-order valence-electron chi connectivity index (χ3n) is 1.95. The number of hydrogen-bond donors (Lipinski definition) is 0. The summed E-state index contributed by atoms with van der Waals surface area (Å²) in [6.07, 6.45) is 3.07. The first-order valence-electron chi connectivity index (χ1n) is 5.45. The second kappa shape index (κ2) is 6.00. The molecule has 0 N–H and O–H groups in total. The molecule has 2 rings (SSSR count). The second-order valence-electron chi connectivity index (χ2n) is 2.92. The fourth-order valence-corrected chi connectivity index (χ4v) is 1.20. The predicted octanol–water partition coefficient (Wildman–Crippen LogP) is 3.13. The second-order valence-corrected chi connectivity index (χ2v) is 2.92. The van der Waals surface area contributed by atoms with E-state index in [1.54, 1.807) is 10.7 Å². The van der Waals surface area contributed by atoms with Crippen molar-refractivity contribution in [2.75, 3.05) is 0 Å². The highest BCUT2D eigenvalue weighted by Crippen LogP contribution is 2.13. The van der Waals surface area contributed by atoms with E-state index in [1.165, 1.54) is 12.3 Å². The highest BCUT2D eigenvalue weighted by molar-refractivity contribution is 5.52. The highest BCUT2D eigenvalue weighted by Gasteiger charge is 2.02. The van der Waals surface area contributed by atoms with Gasteiger partial charge in [-0.25, -0.2) is 4.39 Å². The minimum atomic E-state index is -0.330. The monoisotopic (exact) mass is 221 g/mol. The van der Waals surface area contributed by atoms with Crippen molar-refractivity contribution < 1.29 is 4.39 Å². The van der Waals surface area contributed by atoms with Gasteiger partial charge in [0, 0.05) is 12.7 Å². The van der Waals surface area contributed by atoms with Crippen LogP contribution in [0.1, 0.15) is 20.8 Å². The van der Waals surface area contributed by atoms with Gasteiger partial charge in [-0.05, 0) is 25.1 Å². The molecule has 0 fully saturated rings. The molecule has 0 atom stereocenters. The Kier molecular flexibility index (Phi) is 4.64. The molecular formula is C12H16FN3. The topological polar surface area (TPSA) is 30.7 Å². The number of pyridine rings is 1. The fraction of sp³-hybridized carbons (Fsp3) is 0.333. The van der Waals surface area contributed by atoms with Crippen LogP contribution in [0.2, 0.25) is 0 Å². The van der Waals surface area contributed by atoms with Crippen LogP contribution in [0, 0.1) is 5.82 Å². The number of aromatic nitrogens is 3. The molecule has 16 heavy (non-hydrogen) atoms. The molecule has 4 heteroatoms. The third kappa shape index (κ3) is 2.89. The van der Waals surface area contributed by atoms with Gasteiger partial charge >= 0.3 is 0 Å². The van der Waals surface area contributed by atoms with Crippen LogP contribution in [0.5, 0.6) is 0 Å². The summed E-state index contributed by atoms with van der Waals surface area (Å²) in [6.45, 7) is 6.83. The zero-order valence-corrected chi connectivity index (χ0v) is 9.81. The molecule has 0 radical (unpaired) electrons. The third-order valence-corrected chi connectivity index (χ3v) is 1.95. The molecule has 2 heterocycles. The lowest BCUT2D eigenvalue weighted by molar-refractivity contribution is 0.621. The standard InChI is InChI=1S/C10H10FN3.C2H6/c1-2-14-6-5-10(13-14)9-4-3-8(11)7-12-9;1-2/h3-7H,2H2,1H3;1-2H3. The Bertz CT molecular complexity index is 420. The van der Waals surface area contributed by atoms with Gasteiger partial charge in [-0.3, -0.25) is 9.67 Å². The minimum absolute atomic E-state index is 0.330. The zero-order valence-electron chi connectivity index (χ0n) is 9.81. The van der Waals surface area contributed by atoms with Crippen LogP contribution in [0.3, 0.4) is 0 Å². The SMILES string of the molecule is CC.CCn1ccc(-c2ccc(F)cn2)n1. The van der Waals surface area contributed by atoms with Crippen molar-refractivity contribution in [1.29, 1.82) is 0 Å². The fourth-order valence-electron chi connectivity index (χ4n) is 1.20. The van der Waals surface area contributed by atoms with Crippen LogP contribution in [-0.2, 0) is 6.54 Å². The van der Waals surface area contributed by atoms with Gasteiger partial charge in [0.2, 0.25) is 0 Å². The molecule has 0 amide bonds. The number of hydrogen-bond acceptors (Lipinski definition) is 2. The van der Waals surface area contributed by atoms with Crippen molar-refractivity contribution in [2.24, 2.45) is 0 Å². The van der Waals surface area contributed by atoms with Crippen molar-refractivity contribution in [3.8, 4) is 11.4 Å². The Morgan fingerprint density at radius 3 is 2.44 bits per heavy atom. The summed E-state index contributed by atoms with van der Waals surface area (Å²) < 4.78 is 14.4. The van der Waals surface area contributed by atoms with E-state index in [2.05, 4.69) is 10.1 Å². The van der Waals surface area contributed by atoms with Crippen molar-refractivity contribution in [3.05, 3.63) is 36.4 Å². The maximum absolute atomic E-state index is 12.6. The predicted molar refractivity (Wildman–Crippen MR) is 62.4 cm³/mol. The highest BCUT2D eigenvalue weighted by atomic mass is 19.1. The lowest BCUT2D eigenvalue weighted by atomic mass is 10.3. The molecule has 2 aromatic rings. The van der Waals surface area contributed by atoms with Gasteiger partial charge in [-0.1, -0.05) is 13.8 Å². The maximum atomic E-state index is 12.6. The van der Waals surface area contributed by atoms with E-state index >= 15 is 0 Å². The molecule has 0 aromatic carbocycles. The van der Waals surface area contributed by atoms with E-state index in [-0.39, 0.29) is 5.82 Å². The van der Waals surface area contributed by atoms with E-state index in [0.717, 1.165) is 12.2 Å². The van der Waals surface area contributed by atoms with Gasteiger partial charge in [0.25, 0.3) is 0 Å². The molecule has 86 valence electrons. The molecule has 0 spiro atoms. The van der Waals surface area contributed by atoms with Crippen LogP contribution in [0.15, 0.2) is 30.6 Å². The smallest absolute Gasteiger partial charge is 0.141 e. The quantitative estimate of drug-likeness (QED) is 0.780. The summed E-state index contributed by atoms with van der Waals surface area (Å²) in [5.41, 5.74) is 1.46. The van der Waals surface area contributed by atoms with Gasteiger partial charge in [0.1, 0.15) is 11.5 Å². The van der Waals surface area contributed by atoms with E-state index in [1.807, 2.05) is 33.0 Å². The summed E-state index contributed by atoms with van der Waals surface area (Å²) in [5, 5.41) is 4.26. The summed E-state index contributed by atoms with van der Waals surface area (Å²) in [6, 6.07) is 4.87. The summed E-state index contributed by atoms with van der Waals surface area (Å²) in [5.74, 6) is -0.330. The first-order chi connectivity index (χ1) is 7.79. The van der Waals surface area contributed by atoms with Crippen molar-refractivity contribution >= 4 is 0 Å². The lowest BCUT2D eigenvalue weighted by Crippen LogP contribution is -1.94. The molecule has 0 aliphatic heterocycles. The van der Waals surface area contributed by atoms with Crippen molar-refractivity contribution in [2.45, 2.75) is 27.3 Å². The number of rotatable bonds is 2.